The van der Waals surface area contributed by atoms with Gasteiger partial charge in [0.05, 0.1) is 52.9 Å². The van der Waals surface area contributed by atoms with Crippen molar-refractivity contribution < 1.29 is 28.4 Å². The van der Waals surface area contributed by atoms with Crippen molar-refractivity contribution in [1.29, 1.82) is 0 Å². The average molecular weight is 585 g/mol. The molecule has 0 fully saturated rings. The van der Waals surface area contributed by atoms with E-state index in [-0.39, 0.29) is 16.2 Å². The van der Waals surface area contributed by atoms with Crippen LogP contribution in [0.3, 0.4) is 0 Å². The van der Waals surface area contributed by atoms with Crippen LogP contribution < -0.4 is 0 Å². The van der Waals surface area contributed by atoms with E-state index in [2.05, 4.69) is 77.9 Å². The quantitative estimate of drug-likeness (QED) is 0.155. The van der Waals surface area contributed by atoms with Crippen LogP contribution in [-0.2, 0) is 44.7 Å². The highest BCUT2D eigenvalue weighted by Gasteiger charge is 2.44. The fraction of sp³-hybridized carbons (Fsp3) is 0.667. The molecule has 0 spiro atoms. The minimum absolute atomic E-state index is 0.0526. The van der Waals surface area contributed by atoms with Crippen LogP contribution in [-0.4, -0.2) is 80.3 Å². The van der Waals surface area contributed by atoms with Gasteiger partial charge in [-0.25, -0.2) is 0 Å². The van der Waals surface area contributed by atoms with Crippen LogP contribution in [0.5, 0.6) is 0 Å². The largest absolute Gasteiger partial charge is 0.382 e. The molecule has 0 aromatic heterocycles. The molecular formula is C36H56O6. The lowest BCUT2D eigenvalue weighted by molar-refractivity contribution is 0.0145. The monoisotopic (exact) mass is 584 g/mol. The smallest absolute Gasteiger partial charge is 0.0701 e. The minimum atomic E-state index is -0.209. The van der Waals surface area contributed by atoms with Crippen LogP contribution >= 0.6 is 0 Å². The van der Waals surface area contributed by atoms with Crippen molar-refractivity contribution in [1.82, 2.24) is 0 Å². The predicted molar refractivity (Wildman–Crippen MR) is 171 cm³/mol. The molecule has 0 radical (unpaired) electrons. The van der Waals surface area contributed by atoms with Gasteiger partial charge < -0.3 is 28.4 Å². The Labute approximate surface area is 255 Å². The third-order valence-corrected chi connectivity index (χ3v) is 8.85. The molecular weight excluding hydrogens is 528 g/mol. The van der Waals surface area contributed by atoms with Crippen molar-refractivity contribution in [3.05, 3.63) is 58.7 Å². The molecule has 0 unspecified atom stereocenters. The second kappa shape index (κ2) is 16.3. The zero-order chi connectivity index (χ0) is 30.6. The summed E-state index contributed by atoms with van der Waals surface area (Å²) in [6.07, 6.45) is 2.84. The third kappa shape index (κ3) is 8.87. The molecule has 236 valence electrons. The predicted octanol–water partition coefficient (Wildman–Crippen LogP) is 7.08. The first-order valence-corrected chi connectivity index (χ1v) is 15.7. The van der Waals surface area contributed by atoms with Crippen LogP contribution in [0, 0.1) is 0 Å². The van der Waals surface area contributed by atoms with Crippen LogP contribution in [0.1, 0.15) is 83.1 Å². The van der Waals surface area contributed by atoms with Crippen LogP contribution in [0.15, 0.2) is 36.4 Å². The van der Waals surface area contributed by atoms with Gasteiger partial charge in [0.2, 0.25) is 0 Å². The maximum absolute atomic E-state index is 6.19. The van der Waals surface area contributed by atoms with Crippen molar-refractivity contribution in [2.24, 2.45) is 0 Å². The van der Waals surface area contributed by atoms with E-state index >= 15 is 0 Å². The summed E-state index contributed by atoms with van der Waals surface area (Å²) in [7, 11) is 3.37. The Morgan fingerprint density at radius 1 is 0.548 bits per heavy atom. The second-order valence-electron chi connectivity index (χ2n) is 13.0. The van der Waals surface area contributed by atoms with Crippen molar-refractivity contribution in [2.75, 3.05) is 80.3 Å². The summed E-state index contributed by atoms with van der Waals surface area (Å²) in [5.41, 5.74) is 8.16. The molecule has 2 aromatic carbocycles. The summed E-state index contributed by atoms with van der Waals surface area (Å²) in [6.45, 7) is 19.8. The lowest BCUT2D eigenvalue weighted by atomic mass is 9.70. The van der Waals surface area contributed by atoms with Gasteiger partial charge in [-0.2, -0.15) is 0 Å². The molecule has 1 aliphatic carbocycles. The number of rotatable bonds is 20. The first-order chi connectivity index (χ1) is 20.1. The van der Waals surface area contributed by atoms with Crippen molar-refractivity contribution in [3.63, 3.8) is 0 Å². The molecule has 6 nitrogen and oxygen atoms in total. The Balaban J connectivity index is 1.93. The van der Waals surface area contributed by atoms with Gasteiger partial charge in [-0.05, 0) is 63.5 Å². The molecule has 0 saturated carbocycles. The number of ether oxygens (including phenoxy) is 6. The summed E-state index contributed by atoms with van der Waals surface area (Å²) >= 11 is 0. The molecule has 0 saturated heterocycles. The van der Waals surface area contributed by atoms with E-state index in [1.54, 1.807) is 14.2 Å². The molecule has 1 aliphatic rings. The van der Waals surface area contributed by atoms with Crippen LogP contribution in [0.25, 0.3) is 11.1 Å². The SMILES string of the molecule is CCC(C)(C)c1ccc2c(c1)C(CCOCCOCCOC)(CCOCCOCCOC)c1cc(C(C)(C)C)ccc1-2. The summed E-state index contributed by atoms with van der Waals surface area (Å²) in [5.74, 6) is 0. The van der Waals surface area contributed by atoms with E-state index in [9.17, 15) is 0 Å². The van der Waals surface area contributed by atoms with Gasteiger partial charge in [-0.3, -0.25) is 0 Å². The van der Waals surface area contributed by atoms with Gasteiger partial charge >= 0.3 is 0 Å². The van der Waals surface area contributed by atoms with E-state index < -0.39 is 0 Å². The molecule has 0 bridgehead atoms. The van der Waals surface area contributed by atoms with Crippen LogP contribution in [0.2, 0.25) is 0 Å². The number of fused-ring (bicyclic) bond motifs is 3. The van der Waals surface area contributed by atoms with E-state index in [0.29, 0.717) is 66.1 Å². The van der Waals surface area contributed by atoms with Gasteiger partial charge in [-0.1, -0.05) is 77.9 Å². The molecule has 0 heterocycles. The van der Waals surface area contributed by atoms with E-state index in [0.717, 1.165) is 19.3 Å². The zero-order valence-electron chi connectivity index (χ0n) is 27.6. The minimum Gasteiger partial charge on any atom is -0.382 e. The van der Waals surface area contributed by atoms with Crippen molar-refractivity contribution in [2.45, 2.75) is 77.0 Å². The number of hydrogen-bond donors (Lipinski definition) is 0. The lowest BCUT2D eigenvalue weighted by Gasteiger charge is -2.34. The topological polar surface area (TPSA) is 55.4 Å². The van der Waals surface area contributed by atoms with Gasteiger partial charge in [0, 0.05) is 32.8 Å². The molecule has 42 heavy (non-hydrogen) atoms. The molecule has 6 heteroatoms. The normalized spacial score (nSPS) is 14.3. The second-order valence-corrected chi connectivity index (χ2v) is 13.0. The molecule has 0 N–H and O–H groups in total. The van der Waals surface area contributed by atoms with E-state index in [1.807, 2.05) is 0 Å². The first-order valence-electron chi connectivity index (χ1n) is 15.7. The maximum atomic E-state index is 6.19. The standard InChI is InChI=1S/C36H56O6/c1-9-35(5,6)29-11-13-31-30-12-10-28(34(2,3)4)26-32(30)36(33(31)27-29,14-16-39-22-24-41-20-18-37-7)15-17-40-23-25-42-21-19-38-8/h10-13,26-27H,9,14-25H2,1-8H3. The molecule has 0 aliphatic heterocycles. The van der Waals surface area contributed by atoms with Crippen molar-refractivity contribution >= 4 is 0 Å². The molecule has 3 rings (SSSR count). The fourth-order valence-electron chi connectivity index (χ4n) is 5.67. The average Bonchev–Trinajstić information content (AvgIpc) is 3.24. The number of benzene rings is 2. The summed E-state index contributed by atoms with van der Waals surface area (Å²) < 4.78 is 33.8. The maximum Gasteiger partial charge on any atom is 0.0701 e. The van der Waals surface area contributed by atoms with Gasteiger partial charge in [-0.15, -0.1) is 0 Å². The highest BCUT2D eigenvalue weighted by atomic mass is 16.5. The Hall–Kier alpha value is -1.80. The van der Waals surface area contributed by atoms with E-state index in [1.165, 1.54) is 33.4 Å². The Morgan fingerprint density at radius 3 is 1.38 bits per heavy atom. The Kier molecular flexibility index (Phi) is 13.5. The Morgan fingerprint density at radius 2 is 0.952 bits per heavy atom. The molecule has 0 amide bonds. The van der Waals surface area contributed by atoms with Gasteiger partial charge in [0.1, 0.15) is 0 Å². The summed E-state index contributed by atoms with van der Waals surface area (Å²) in [4.78, 5) is 0. The van der Waals surface area contributed by atoms with Gasteiger partial charge in [0.15, 0.2) is 0 Å². The Bertz CT molecular complexity index is 1070. The summed E-state index contributed by atoms with van der Waals surface area (Å²) in [5, 5.41) is 0. The molecule has 2 aromatic rings. The summed E-state index contributed by atoms with van der Waals surface area (Å²) in [6, 6.07) is 14.3. The van der Waals surface area contributed by atoms with Crippen LogP contribution in [0.4, 0.5) is 0 Å². The highest BCUT2D eigenvalue weighted by molar-refractivity contribution is 5.82. The van der Waals surface area contributed by atoms with E-state index in [4.69, 9.17) is 28.4 Å². The third-order valence-electron chi connectivity index (χ3n) is 8.85. The van der Waals surface area contributed by atoms with Crippen molar-refractivity contribution in [3.8, 4) is 11.1 Å². The first kappa shape index (κ1) is 34.7. The zero-order valence-corrected chi connectivity index (χ0v) is 27.6. The lowest BCUT2D eigenvalue weighted by Crippen LogP contribution is -2.31. The number of hydrogen-bond acceptors (Lipinski definition) is 6. The molecule has 0 atom stereocenters. The fourth-order valence-corrected chi connectivity index (χ4v) is 5.67. The van der Waals surface area contributed by atoms with Gasteiger partial charge in [0.25, 0.3) is 0 Å². The highest BCUT2D eigenvalue weighted by Crippen LogP contribution is 2.54. The number of methoxy groups -OCH3 is 2.